The van der Waals surface area contributed by atoms with Gasteiger partial charge in [0.2, 0.25) is 21.8 Å². The minimum Gasteiger partial charge on any atom is -0.481 e. The molecule has 1 aliphatic rings. The molecule has 0 radical (unpaired) electrons. The van der Waals surface area contributed by atoms with Crippen LogP contribution in [0.15, 0.2) is 48.0 Å². The quantitative estimate of drug-likeness (QED) is 0.731. The Morgan fingerprint density at radius 1 is 1.30 bits per heavy atom. The maximum atomic E-state index is 13.2. The van der Waals surface area contributed by atoms with Crippen LogP contribution in [0, 0.1) is 0 Å². The van der Waals surface area contributed by atoms with Gasteiger partial charge in [-0.05, 0) is 37.1 Å². The molecule has 0 unspecified atom stereocenters. The lowest BCUT2D eigenvalue weighted by Crippen LogP contribution is -2.46. The van der Waals surface area contributed by atoms with Gasteiger partial charge in [-0.25, -0.2) is 13.4 Å². The van der Waals surface area contributed by atoms with Gasteiger partial charge >= 0.3 is 0 Å². The Morgan fingerprint density at radius 3 is 2.63 bits per heavy atom. The first-order valence-corrected chi connectivity index (χ1v) is 10.1. The molecule has 0 N–H and O–H groups in total. The van der Waals surface area contributed by atoms with Crippen molar-refractivity contribution in [3.63, 3.8) is 0 Å². The van der Waals surface area contributed by atoms with Crippen molar-refractivity contribution in [3.05, 3.63) is 43.1 Å². The molecular formula is C19H23N3O4S. The second-order valence-corrected chi connectivity index (χ2v) is 8.37. The van der Waals surface area contributed by atoms with Gasteiger partial charge in [-0.1, -0.05) is 12.6 Å². The van der Waals surface area contributed by atoms with Crippen molar-refractivity contribution < 1.29 is 17.9 Å². The topological polar surface area (TPSA) is 79.8 Å². The average molecular weight is 389 g/mol. The lowest BCUT2D eigenvalue weighted by Gasteiger charge is -2.35. The summed E-state index contributed by atoms with van der Waals surface area (Å²) < 4.78 is 33.2. The van der Waals surface area contributed by atoms with E-state index < -0.39 is 10.0 Å². The normalized spacial score (nSPS) is 16.2. The fourth-order valence-electron chi connectivity index (χ4n) is 3.47. The minimum absolute atomic E-state index is 0.0127. The molecule has 27 heavy (non-hydrogen) atoms. The van der Waals surface area contributed by atoms with E-state index in [9.17, 15) is 13.2 Å². The summed E-state index contributed by atoms with van der Waals surface area (Å²) in [7, 11) is -0.428. The summed E-state index contributed by atoms with van der Waals surface area (Å²) in [6.07, 6.45) is 4.00. The van der Waals surface area contributed by atoms with Crippen molar-refractivity contribution in [3.8, 4) is 5.88 Å². The number of rotatable bonds is 5. The van der Waals surface area contributed by atoms with Crippen molar-refractivity contribution in [2.45, 2.75) is 23.8 Å². The van der Waals surface area contributed by atoms with E-state index in [1.54, 1.807) is 42.4 Å². The number of likely N-dealkylation sites (N-methyl/N-ethyl adjacent to an activating group) is 1. The van der Waals surface area contributed by atoms with E-state index in [1.807, 2.05) is 0 Å². The fraction of sp³-hybridized carbons (Fsp3) is 0.368. The molecule has 2 heterocycles. The van der Waals surface area contributed by atoms with Gasteiger partial charge in [0.1, 0.15) is 0 Å². The highest BCUT2D eigenvalue weighted by molar-refractivity contribution is 7.89. The molecule has 144 valence electrons. The summed E-state index contributed by atoms with van der Waals surface area (Å²) in [6.45, 7) is 4.22. The molecule has 1 aliphatic heterocycles. The lowest BCUT2D eigenvalue weighted by atomic mass is 10.1. The molecule has 0 saturated carbocycles. The first-order chi connectivity index (χ1) is 12.9. The van der Waals surface area contributed by atoms with Gasteiger partial charge in [0.05, 0.1) is 12.0 Å². The van der Waals surface area contributed by atoms with Crippen LogP contribution in [0.1, 0.15) is 12.8 Å². The Kier molecular flexibility index (Phi) is 5.48. The van der Waals surface area contributed by atoms with E-state index in [0.717, 1.165) is 0 Å². The van der Waals surface area contributed by atoms with Crippen LogP contribution in [-0.4, -0.2) is 61.8 Å². The third kappa shape index (κ3) is 3.54. The van der Waals surface area contributed by atoms with Crippen LogP contribution in [0.3, 0.4) is 0 Å². The van der Waals surface area contributed by atoms with Gasteiger partial charge in [-0.15, -0.1) is 0 Å². The van der Waals surface area contributed by atoms with Crippen LogP contribution < -0.4 is 4.74 Å². The molecule has 7 nitrogen and oxygen atoms in total. The number of aromatic nitrogens is 1. The summed E-state index contributed by atoms with van der Waals surface area (Å²) in [5.74, 6) is 0.248. The van der Waals surface area contributed by atoms with Crippen molar-refractivity contribution in [2.75, 3.05) is 27.2 Å². The number of methoxy groups -OCH3 is 1. The van der Waals surface area contributed by atoms with Crippen LogP contribution in [0.5, 0.6) is 5.88 Å². The summed E-state index contributed by atoms with van der Waals surface area (Å²) in [5.41, 5.74) is 0. The molecule has 3 rings (SSSR count). The number of piperidine rings is 1. The zero-order chi connectivity index (χ0) is 19.6. The first-order valence-electron chi connectivity index (χ1n) is 8.71. The van der Waals surface area contributed by atoms with Gasteiger partial charge in [-0.3, -0.25) is 4.79 Å². The van der Waals surface area contributed by atoms with Crippen molar-refractivity contribution in [1.29, 1.82) is 0 Å². The van der Waals surface area contributed by atoms with Crippen molar-refractivity contribution in [2.24, 2.45) is 0 Å². The Balaban J connectivity index is 1.87. The zero-order valence-corrected chi connectivity index (χ0v) is 16.3. The summed E-state index contributed by atoms with van der Waals surface area (Å²) in [6, 6.07) is 6.80. The molecule has 1 amide bonds. The molecule has 0 atom stereocenters. The number of nitrogens with zero attached hydrogens (tertiary/aromatic N) is 3. The van der Waals surface area contributed by atoms with E-state index >= 15 is 0 Å². The number of carbonyl (C=O) groups is 1. The van der Waals surface area contributed by atoms with E-state index in [0.29, 0.717) is 42.6 Å². The molecule has 0 aliphatic carbocycles. The van der Waals surface area contributed by atoms with E-state index in [4.69, 9.17) is 4.74 Å². The monoisotopic (exact) mass is 389 g/mol. The third-order valence-electron chi connectivity index (χ3n) is 5.03. The van der Waals surface area contributed by atoms with Crippen LogP contribution in [0.4, 0.5) is 0 Å². The van der Waals surface area contributed by atoms with Crippen LogP contribution in [0.25, 0.3) is 10.8 Å². The predicted molar refractivity (Wildman–Crippen MR) is 103 cm³/mol. The van der Waals surface area contributed by atoms with E-state index in [1.165, 1.54) is 17.5 Å². The molecule has 1 fully saturated rings. The molecule has 1 aromatic carbocycles. The Labute approximate surface area is 159 Å². The van der Waals surface area contributed by atoms with E-state index in [-0.39, 0.29) is 16.8 Å². The van der Waals surface area contributed by atoms with Gasteiger partial charge in [0, 0.05) is 43.1 Å². The smallest absolute Gasteiger partial charge is 0.245 e. The molecule has 8 heteroatoms. The number of pyridine rings is 1. The number of ether oxygens (including phenoxy) is 1. The molecular weight excluding hydrogens is 366 g/mol. The van der Waals surface area contributed by atoms with Crippen LogP contribution in [-0.2, 0) is 14.8 Å². The average Bonchev–Trinajstić information content (AvgIpc) is 2.71. The van der Waals surface area contributed by atoms with E-state index in [2.05, 4.69) is 11.6 Å². The molecule has 1 aromatic heterocycles. The largest absolute Gasteiger partial charge is 0.481 e. The van der Waals surface area contributed by atoms with Gasteiger partial charge < -0.3 is 9.64 Å². The highest BCUT2D eigenvalue weighted by atomic mass is 32.2. The minimum atomic E-state index is -3.66. The molecule has 2 aromatic rings. The number of benzene rings is 1. The standard InChI is InChI=1S/C19H23N3O4S/c1-4-18(23)21(2)14-9-12-22(13-10-14)27(24,25)17-7-5-6-16-15(17)8-11-20-19(16)26-3/h4-8,11,14H,1,9-10,12-13H2,2-3H3. The number of hydrogen-bond donors (Lipinski definition) is 0. The Bertz CT molecular complexity index is 966. The molecule has 0 spiro atoms. The summed E-state index contributed by atoms with van der Waals surface area (Å²) in [4.78, 5) is 17.8. The second-order valence-electron chi connectivity index (χ2n) is 6.46. The summed E-state index contributed by atoms with van der Waals surface area (Å²) in [5, 5.41) is 1.25. The van der Waals surface area contributed by atoms with Gasteiger partial charge in [0.15, 0.2) is 0 Å². The van der Waals surface area contributed by atoms with Crippen molar-refractivity contribution >= 4 is 26.7 Å². The second kappa shape index (κ2) is 7.66. The number of amides is 1. The van der Waals surface area contributed by atoms with Crippen LogP contribution in [0.2, 0.25) is 0 Å². The Hall–Kier alpha value is -2.45. The number of carbonyl (C=O) groups excluding carboxylic acids is 1. The highest BCUT2D eigenvalue weighted by Crippen LogP contribution is 2.31. The third-order valence-corrected chi connectivity index (χ3v) is 6.99. The fourth-order valence-corrected chi connectivity index (χ4v) is 5.15. The maximum Gasteiger partial charge on any atom is 0.245 e. The van der Waals surface area contributed by atoms with Gasteiger partial charge in [-0.2, -0.15) is 4.31 Å². The number of sulfonamides is 1. The highest BCUT2D eigenvalue weighted by Gasteiger charge is 2.32. The molecule has 0 bridgehead atoms. The van der Waals surface area contributed by atoms with Gasteiger partial charge in [0.25, 0.3) is 0 Å². The van der Waals surface area contributed by atoms with Crippen molar-refractivity contribution in [1.82, 2.24) is 14.2 Å². The first kappa shape index (κ1) is 19.3. The predicted octanol–water partition coefficient (Wildman–Crippen LogP) is 2.04. The number of hydrogen-bond acceptors (Lipinski definition) is 5. The number of fused-ring (bicyclic) bond motifs is 1. The zero-order valence-electron chi connectivity index (χ0n) is 15.5. The Morgan fingerprint density at radius 2 is 2.00 bits per heavy atom. The summed E-state index contributed by atoms with van der Waals surface area (Å²) >= 11 is 0. The SMILES string of the molecule is C=CC(=O)N(C)C1CCN(S(=O)(=O)c2cccc3c(OC)nccc23)CC1. The maximum absolute atomic E-state index is 13.2. The molecule has 1 saturated heterocycles. The lowest BCUT2D eigenvalue weighted by molar-refractivity contribution is -0.127. The van der Waals surface area contributed by atoms with Crippen LogP contribution >= 0.6 is 0 Å².